The highest BCUT2D eigenvalue weighted by Gasteiger charge is 2.64. The van der Waals surface area contributed by atoms with E-state index in [9.17, 15) is 10.0 Å². The second kappa shape index (κ2) is 34.1. The van der Waals surface area contributed by atoms with Crippen LogP contribution in [0.4, 0.5) is 34.6 Å². The molecule has 2 N–H and O–H groups in total. The summed E-state index contributed by atoms with van der Waals surface area (Å²) in [6, 6.07) is 139. The third-order valence-corrected chi connectivity index (χ3v) is 39.0. The van der Waals surface area contributed by atoms with E-state index in [0.29, 0.717) is 58.5 Å². The molecule has 2 aliphatic heterocycles. The van der Waals surface area contributed by atoms with Crippen LogP contribution in [0.5, 0.6) is 0 Å². The first-order chi connectivity index (χ1) is 61.1. The number of anilines is 6. The molecule has 2 aromatic heterocycles. The maximum absolute atomic E-state index is 9.80. The van der Waals surface area contributed by atoms with Crippen LogP contribution in [0.1, 0.15) is 101 Å². The first-order valence-corrected chi connectivity index (χ1v) is 48.7. The summed E-state index contributed by atoms with van der Waals surface area (Å²) in [5.41, 5.74) is 14.0. The first-order valence-electron chi connectivity index (χ1n) is 44.3. The molecule has 26 rings (SSSR count). The third-order valence-electron chi connectivity index (χ3n) is 29.3. The number of hydrogen-bond acceptors (Lipinski definition) is 10. The smallest absolute Gasteiger partial charge is 0.423 e. The predicted molar refractivity (Wildman–Crippen MR) is 523 cm³/mol. The molecular formula is C112H102BClN8O2Si2. The predicted octanol–water partition coefficient (Wildman–Crippen LogP) is 19.8. The van der Waals surface area contributed by atoms with Gasteiger partial charge < -0.3 is 10.0 Å². The zero-order valence-electron chi connectivity index (χ0n) is 69.1. The number of rotatable bonds is 14. The van der Waals surface area contributed by atoms with Crippen molar-refractivity contribution in [2.24, 2.45) is 47.3 Å². The number of hydrogen-bond donors (Lipinski definition) is 2. The lowest BCUT2D eigenvalue weighted by atomic mass is 9.41. The summed E-state index contributed by atoms with van der Waals surface area (Å²) in [6.45, 7) is 0. The molecule has 0 saturated heterocycles. The van der Waals surface area contributed by atoms with Gasteiger partial charge in [-0.15, -0.1) is 0 Å². The van der Waals surface area contributed by atoms with Gasteiger partial charge in [0.15, 0.2) is 33.6 Å². The average molecular weight is 1690 g/mol. The van der Waals surface area contributed by atoms with Gasteiger partial charge in [-0.3, -0.25) is 9.80 Å². The molecule has 0 unspecified atom stereocenters. The van der Waals surface area contributed by atoms with Crippen molar-refractivity contribution in [1.29, 1.82) is 0 Å². The molecule has 126 heavy (non-hydrogen) atoms. The van der Waals surface area contributed by atoms with Crippen molar-refractivity contribution in [2.75, 3.05) is 9.80 Å². The third kappa shape index (κ3) is 13.7. The minimum atomic E-state index is -2.80. The van der Waals surface area contributed by atoms with Crippen molar-refractivity contribution in [2.45, 2.75) is 89.9 Å². The molecule has 10 nitrogen and oxygen atoms in total. The quantitative estimate of drug-likeness (QED) is 0.0803. The first kappa shape index (κ1) is 81.7. The molecule has 8 bridgehead atoms. The molecule has 14 aromatic carbocycles. The zero-order valence-corrected chi connectivity index (χ0v) is 71.8. The number of fused-ring (bicyclic) bond motifs is 4. The van der Waals surface area contributed by atoms with E-state index >= 15 is 0 Å². The van der Waals surface area contributed by atoms with Crippen molar-refractivity contribution >= 4 is 116 Å². The molecule has 0 amide bonds. The Balaban J connectivity index is 0.000000129. The van der Waals surface area contributed by atoms with Crippen molar-refractivity contribution in [3.05, 3.63) is 416 Å². The SMILES string of the molecule is C.C.Clc1nc(-c2ccccc2)nc(N2c3ccccc3C3(c4ccccc42)C2CC4CC(C2)CC3C4)n1.OB(O)c1cccc([Si](c2ccccc2)(c2ccccc2)c2ccccc2)c1.c1ccc(-c2nc(-c3cccc([Si](c4ccccc4)(c4ccccc4)c4ccccc4)c3)nc(N3c4ccccc4C4(c5ccccc53)C3CC5CC(C3)CC4C5)n2)cc1. The van der Waals surface area contributed by atoms with Crippen LogP contribution in [0.15, 0.2) is 388 Å². The molecule has 16 aromatic rings. The molecule has 0 radical (unpaired) electrons. The fourth-order valence-electron chi connectivity index (χ4n) is 25.1. The monoisotopic (exact) mass is 1690 g/mol. The molecule has 8 fully saturated rings. The van der Waals surface area contributed by atoms with Crippen LogP contribution in [-0.2, 0) is 10.8 Å². The second-order valence-electron chi connectivity index (χ2n) is 35.6. The van der Waals surface area contributed by atoms with Crippen LogP contribution in [0, 0.1) is 47.3 Å². The van der Waals surface area contributed by atoms with E-state index in [1.165, 1.54) is 146 Å². The Morgan fingerprint density at radius 3 is 0.841 bits per heavy atom. The van der Waals surface area contributed by atoms with Crippen molar-refractivity contribution in [1.82, 2.24) is 29.9 Å². The lowest BCUT2D eigenvalue weighted by Crippen LogP contribution is -2.75. The molecule has 4 heterocycles. The van der Waals surface area contributed by atoms with E-state index in [-0.39, 0.29) is 31.0 Å². The largest absolute Gasteiger partial charge is 0.488 e. The maximum Gasteiger partial charge on any atom is 0.488 e. The number of nitrogens with zero attached hydrogens (tertiary/aromatic N) is 8. The highest BCUT2D eigenvalue weighted by atomic mass is 35.5. The van der Waals surface area contributed by atoms with E-state index < -0.39 is 23.3 Å². The summed E-state index contributed by atoms with van der Waals surface area (Å²) in [5.74, 6) is 9.42. The van der Waals surface area contributed by atoms with E-state index in [0.717, 1.165) is 45.5 Å². The van der Waals surface area contributed by atoms with Gasteiger partial charge in [0.2, 0.25) is 17.2 Å². The molecular weight excluding hydrogens is 1590 g/mol. The highest BCUT2D eigenvalue weighted by Crippen LogP contribution is 2.71. The molecule has 8 saturated carbocycles. The van der Waals surface area contributed by atoms with Crippen molar-refractivity contribution in [3.8, 4) is 34.2 Å². The Labute approximate surface area is 748 Å². The van der Waals surface area contributed by atoms with E-state index in [4.69, 9.17) is 31.5 Å². The minimum absolute atomic E-state index is 0. The minimum Gasteiger partial charge on any atom is -0.423 e. The topological polar surface area (TPSA) is 124 Å². The number of halogens is 1. The van der Waals surface area contributed by atoms with Gasteiger partial charge >= 0.3 is 7.12 Å². The normalized spacial score (nSPS) is 20.0. The van der Waals surface area contributed by atoms with Gasteiger partial charge in [-0.05, 0) is 217 Å². The number of para-hydroxylation sites is 4. The van der Waals surface area contributed by atoms with E-state index in [1.807, 2.05) is 60.7 Å². The van der Waals surface area contributed by atoms with Gasteiger partial charge in [0.05, 0.1) is 22.7 Å². The Morgan fingerprint density at radius 2 is 0.516 bits per heavy atom. The van der Waals surface area contributed by atoms with Gasteiger partial charge in [-0.1, -0.05) is 379 Å². The Bertz CT molecular complexity index is 6220. The van der Waals surface area contributed by atoms with Gasteiger partial charge in [0, 0.05) is 27.5 Å². The fraction of sp³-hybridized carbons (Fsp3) is 0.196. The molecule has 0 atom stereocenters. The van der Waals surface area contributed by atoms with Crippen LogP contribution in [0.25, 0.3) is 34.2 Å². The number of aromatic nitrogens is 6. The lowest BCUT2D eigenvalue weighted by Gasteiger charge is -2.64. The zero-order chi connectivity index (χ0) is 82.9. The van der Waals surface area contributed by atoms with Crippen molar-refractivity contribution < 1.29 is 10.0 Å². The summed E-state index contributed by atoms with van der Waals surface area (Å²) >= 11 is 6.53. The average Bonchev–Trinajstić information content (AvgIpc) is 0.680. The van der Waals surface area contributed by atoms with E-state index in [1.54, 1.807) is 6.07 Å². The van der Waals surface area contributed by atoms with Crippen LogP contribution >= 0.6 is 11.6 Å². The second-order valence-corrected chi connectivity index (χ2v) is 43.6. The number of benzene rings is 14. The summed E-state index contributed by atoms with van der Waals surface area (Å²) in [6.07, 6.45) is 13.6. The van der Waals surface area contributed by atoms with Gasteiger partial charge in [-0.25, -0.2) is 4.98 Å². The fourth-order valence-corrected chi connectivity index (χ4v) is 34.8. The van der Waals surface area contributed by atoms with Gasteiger partial charge in [0.1, 0.15) is 0 Å². The highest BCUT2D eigenvalue weighted by molar-refractivity contribution is 7.20. The van der Waals surface area contributed by atoms with E-state index in [2.05, 4.69) is 341 Å². The van der Waals surface area contributed by atoms with Crippen molar-refractivity contribution in [3.63, 3.8) is 0 Å². The lowest BCUT2D eigenvalue weighted by molar-refractivity contribution is -0.0419. The summed E-state index contributed by atoms with van der Waals surface area (Å²) < 4.78 is 0. The molecule has 10 aliphatic rings. The maximum atomic E-state index is 9.80. The molecule has 2 spiro atoms. The van der Waals surface area contributed by atoms with Crippen LogP contribution in [-0.4, -0.2) is 63.2 Å². The van der Waals surface area contributed by atoms with Crippen LogP contribution < -0.4 is 56.8 Å². The van der Waals surface area contributed by atoms with Crippen LogP contribution in [0.3, 0.4) is 0 Å². The molecule has 8 aliphatic carbocycles. The summed E-state index contributed by atoms with van der Waals surface area (Å²) in [7, 11) is -6.89. The summed E-state index contributed by atoms with van der Waals surface area (Å²) in [5, 5.41) is 30.0. The Kier molecular flexibility index (Phi) is 22.1. The Hall–Kier alpha value is -12.6. The molecule has 620 valence electrons. The summed E-state index contributed by atoms with van der Waals surface area (Å²) in [4.78, 5) is 35.0. The van der Waals surface area contributed by atoms with Gasteiger partial charge in [-0.2, -0.15) is 24.9 Å². The Morgan fingerprint density at radius 1 is 0.262 bits per heavy atom. The molecule has 14 heteroatoms. The standard InChI is InChI=1S/C55H46N4Si.C31H27ClN4.C24H21BO2Si.2CH4/c1-5-18-40(19-6-1)52-56-53(41-20-17-27-47(37-41)60(44-21-7-2-8-22-44,45-23-9-3-10-24-45)46-25-11-4-12-26-46)58-54(57-52)59-50-30-15-13-28-48(50)55(49-29-14-16-31-51(49)59)42-33-38-32-39(35-42)36-43(55)34-38;32-29-33-28(21-8-2-1-3-9-21)34-30(35-29)36-26-12-6-4-10-24(26)31(25-11-5-7-13-27(25)36)22-15-19-14-20(17-22)18-23(31)16-19;26-25(27)20-11-10-18-24(19-20)28(21-12-4-1-5-13-21,22-14-6-2-7-15-22)23-16-8-3-9-17-23;;/h1-31,37-39,42-43H,32-36H2;1-13,19-20,22-23H,14-18H2;1-19,26-27H;2*1H4. The van der Waals surface area contributed by atoms with Gasteiger partial charge in [0.25, 0.3) is 0 Å². The van der Waals surface area contributed by atoms with Crippen LogP contribution in [0.2, 0.25) is 5.28 Å².